The molecule has 0 amide bonds. The van der Waals surface area contributed by atoms with Crippen LogP contribution in [-0.2, 0) is 10.9 Å². The minimum atomic E-state index is -4.41. The van der Waals surface area contributed by atoms with Gasteiger partial charge in [-0.05, 0) is 43.9 Å². The Labute approximate surface area is 128 Å². The Bertz CT molecular complexity index is 635. The van der Waals surface area contributed by atoms with E-state index in [9.17, 15) is 13.2 Å². The molecule has 22 heavy (non-hydrogen) atoms. The van der Waals surface area contributed by atoms with Crippen LogP contribution in [-0.4, -0.2) is 12.7 Å². The van der Waals surface area contributed by atoms with Crippen LogP contribution in [0.15, 0.2) is 18.2 Å². The summed E-state index contributed by atoms with van der Waals surface area (Å²) in [5.74, 6) is 8.22. The Kier molecular flexibility index (Phi) is 4.84. The molecule has 0 aromatic heterocycles. The SMILES string of the molecule is C#Cc1ccc(C(F)(F)F)cc1C#CC1(OC)CCCCC1. The summed E-state index contributed by atoms with van der Waals surface area (Å²) < 4.78 is 44.0. The topological polar surface area (TPSA) is 9.23 Å². The number of halogens is 3. The summed E-state index contributed by atoms with van der Waals surface area (Å²) in [5.41, 5.74) is -0.731. The van der Waals surface area contributed by atoms with Crippen molar-refractivity contribution in [3.05, 3.63) is 34.9 Å². The molecule has 0 heterocycles. The zero-order valence-corrected chi connectivity index (χ0v) is 12.4. The standard InChI is InChI=1S/C18H17F3O/c1-3-14-7-8-16(18(19,20)21)13-15(14)9-12-17(22-2)10-5-4-6-11-17/h1,7-8,13H,4-6,10-11H2,2H3. The second kappa shape index (κ2) is 6.46. The molecule has 0 spiro atoms. The lowest BCUT2D eigenvalue weighted by Gasteiger charge is -2.30. The molecule has 1 aliphatic rings. The van der Waals surface area contributed by atoms with Crippen molar-refractivity contribution in [3.8, 4) is 24.2 Å². The van der Waals surface area contributed by atoms with Gasteiger partial charge in [-0.25, -0.2) is 0 Å². The maximum Gasteiger partial charge on any atom is 0.416 e. The molecule has 0 N–H and O–H groups in total. The van der Waals surface area contributed by atoms with Gasteiger partial charge in [0.25, 0.3) is 0 Å². The van der Waals surface area contributed by atoms with Crippen LogP contribution in [0.25, 0.3) is 0 Å². The van der Waals surface area contributed by atoms with Crippen molar-refractivity contribution in [2.75, 3.05) is 7.11 Å². The number of hydrogen-bond donors (Lipinski definition) is 0. The molecule has 0 atom stereocenters. The highest BCUT2D eigenvalue weighted by Gasteiger charge is 2.31. The smallest absolute Gasteiger partial charge is 0.366 e. The zero-order chi connectivity index (χ0) is 16.2. The number of terminal acetylenes is 1. The molecule has 4 heteroatoms. The predicted octanol–water partition coefficient (Wildman–Crippen LogP) is 4.39. The molecule has 1 nitrogen and oxygen atoms in total. The Balaban J connectivity index is 2.40. The second-order valence-electron chi connectivity index (χ2n) is 5.41. The minimum absolute atomic E-state index is 0.222. The summed E-state index contributed by atoms with van der Waals surface area (Å²) in [5, 5.41) is 0. The third-order valence-electron chi connectivity index (χ3n) is 3.98. The monoisotopic (exact) mass is 306 g/mol. The molecule has 1 aromatic carbocycles. The van der Waals surface area contributed by atoms with E-state index >= 15 is 0 Å². The van der Waals surface area contributed by atoms with Crippen molar-refractivity contribution < 1.29 is 17.9 Å². The number of hydrogen-bond acceptors (Lipinski definition) is 1. The summed E-state index contributed by atoms with van der Waals surface area (Å²) >= 11 is 0. The normalized spacial score (nSPS) is 17.2. The number of rotatable bonds is 1. The van der Waals surface area contributed by atoms with Crippen LogP contribution in [0.3, 0.4) is 0 Å². The van der Waals surface area contributed by atoms with E-state index in [0.29, 0.717) is 5.56 Å². The van der Waals surface area contributed by atoms with Crippen molar-refractivity contribution in [2.45, 2.75) is 43.9 Å². The fourth-order valence-corrected chi connectivity index (χ4v) is 2.63. The van der Waals surface area contributed by atoms with E-state index in [0.717, 1.165) is 44.2 Å². The molecule has 0 radical (unpaired) electrons. The highest BCUT2D eigenvalue weighted by Crippen LogP contribution is 2.32. The van der Waals surface area contributed by atoms with E-state index in [-0.39, 0.29) is 5.56 Å². The summed E-state index contributed by atoms with van der Waals surface area (Å²) in [4.78, 5) is 0. The highest BCUT2D eigenvalue weighted by molar-refractivity contribution is 5.52. The second-order valence-corrected chi connectivity index (χ2v) is 5.41. The van der Waals surface area contributed by atoms with E-state index < -0.39 is 17.3 Å². The lowest BCUT2D eigenvalue weighted by Crippen LogP contribution is -2.32. The minimum Gasteiger partial charge on any atom is -0.366 e. The van der Waals surface area contributed by atoms with Gasteiger partial charge in [-0.3, -0.25) is 0 Å². The molecular formula is C18H17F3O. The number of methoxy groups -OCH3 is 1. The first-order chi connectivity index (χ1) is 10.4. The first-order valence-electron chi connectivity index (χ1n) is 7.16. The van der Waals surface area contributed by atoms with E-state index in [1.807, 2.05) is 0 Å². The van der Waals surface area contributed by atoms with Gasteiger partial charge < -0.3 is 4.74 Å². The quantitative estimate of drug-likeness (QED) is 0.699. The Morgan fingerprint density at radius 3 is 2.36 bits per heavy atom. The van der Waals surface area contributed by atoms with E-state index in [1.165, 1.54) is 6.07 Å². The van der Waals surface area contributed by atoms with Crippen LogP contribution in [0.2, 0.25) is 0 Å². The van der Waals surface area contributed by atoms with Crippen LogP contribution in [0, 0.1) is 24.2 Å². The first kappa shape index (κ1) is 16.5. The van der Waals surface area contributed by atoms with Crippen molar-refractivity contribution in [3.63, 3.8) is 0 Å². The van der Waals surface area contributed by atoms with Gasteiger partial charge in [0.1, 0.15) is 5.60 Å². The van der Waals surface area contributed by atoms with Gasteiger partial charge in [-0.15, -0.1) is 6.42 Å². The molecule has 0 aliphatic heterocycles. The van der Waals surface area contributed by atoms with Gasteiger partial charge in [0.15, 0.2) is 0 Å². The van der Waals surface area contributed by atoms with Gasteiger partial charge in [-0.1, -0.05) is 24.2 Å². The van der Waals surface area contributed by atoms with Crippen LogP contribution in [0.4, 0.5) is 13.2 Å². The summed E-state index contributed by atoms with van der Waals surface area (Å²) in [6.45, 7) is 0. The van der Waals surface area contributed by atoms with Gasteiger partial charge >= 0.3 is 6.18 Å². The molecule has 1 aromatic rings. The summed E-state index contributed by atoms with van der Waals surface area (Å²) in [7, 11) is 1.59. The highest BCUT2D eigenvalue weighted by atomic mass is 19.4. The molecular weight excluding hydrogens is 289 g/mol. The predicted molar refractivity (Wildman–Crippen MR) is 79.1 cm³/mol. The Morgan fingerprint density at radius 2 is 1.82 bits per heavy atom. The lowest BCUT2D eigenvalue weighted by atomic mass is 9.85. The molecule has 0 bridgehead atoms. The number of ether oxygens (including phenoxy) is 1. The molecule has 116 valence electrons. The number of alkyl halides is 3. The maximum atomic E-state index is 12.8. The largest absolute Gasteiger partial charge is 0.416 e. The average Bonchev–Trinajstić information content (AvgIpc) is 2.52. The lowest BCUT2D eigenvalue weighted by molar-refractivity contribution is -0.137. The van der Waals surface area contributed by atoms with Gasteiger partial charge in [-0.2, -0.15) is 13.2 Å². The number of benzene rings is 1. The Morgan fingerprint density at radius 1 is 1.14 bits per heavy atom. The van der Waals surface area contributed by atoms with Crippen molar-refractivity contribution in [2.24, 2.45) is 0 Å². The average molecular weight is 306 g/mol. The van der Waals surface area contributed by atoms with E-state index in [2.05, 4.69) is 17.8 Å². The first-order valence-corrected chi connectivity index (χ1v) is 7.16. The fraction of sp³-hybridized carbons (Fsp3) is 0.444. The third kappa shape index (κ3) is 3.64. The van der Waals surface area contributed by atoms with Crippen LogP contribution < -0.4 is 0 Å². The van der Waals surface area contributed by atoms with Crippen molar-refractivity contribution in [1.82, 2.24) is 0 Å². The zero-order valence-electron chi connectivity index (χ0n) is 12.4. The van der Waals surface area contributed by atoms with Crippen molar-refractivity contribution >= 4 is 0 Å². The van der Waals surface area contributed by atoms with Crippen molar-refractivity contribution in [1.29, 1.82) is 0 Å². The molecule has 1 fully saturated rings. The van der Waals surface area contributed by atoms with E-state index in [4.69, 9.17) is 11.2 Å². The maximum absolute atomic E-state index is 12.8. The van der Waals surface area contributed by atoms with Crippen LogP contribution in [0.5, 0.6) is 0 Å². The third-order valence-corrected chi connectivity index (χ3v) is 3.98. The molecule has 2 rings (SSSR count). The van der Waals surface area contributed by atoms with E-state index in [1.54, 1.807) is 7.11 Å². The molecule has 1 aliphatic carbocycles. The van der Waals surface area contributed by atoms with Gasteiger partial charge in [0, 0.05) is 18.2 Å². The molecule has 0 saturated heterocycles. The molecule has 0 unspecified atom stereocenters. The molecule has 1 saturated carbocycles. The fourth-order valence-electron chi connectivity index (χ4n) is 2.63. The van der Waals surface area contributed by atoms with Gasteiger partial charge in [0.05, 0.1) is 5.56 Å². The summed E-state index contributed by atoms with van der Waals surface area (Å²) in [6.07, 6.45) is 5.67. The van der Waals surface area contributed by atoms with Crippen LogP contribution >= 0.6 is 0 Å². The van der Waals surface area contributed by atoms with Crippen LogP contribution in [0.1, 0.15) is 48.8 Å². The Hall–Kier alpha value is -1.91. The summed E-state index contributed by atoms with van der Waals surface area (Å²) in [6, 6.07) is 3.27. The van der Waals surface area contributed by atoms with Gasteiger partial charge in [0.2, 0.25) is 0 Å².